The fraction of sp³-hybridized carbons (Fsp3) is 0.192. The van der Waals surface area contributed by atoms with Gasteiger partial charge in [-0.2, -0.15) is 4.39 Å². The third kappa shape index (κ3) is 4.54. The van der Waals surface area contributed by atoms with Crippen LogP contribution in [0.25, 0.3) is 17.8 Å². The molecule has 1 aromatic carbocycles. The summed E-state index contributed by atoms with van der Waals surface area (Å²) in [5.74, 6) is -0.386. The number of hydrogen-bond acceptors (Lipinski definition) is 4. The second-order valence-corrected chi connectivity index (χ2v) is 8.08. The molecule has 3 aromatic heterocycles. The molecule has 1 saturated heterocycles. The largest absolute Gasteiger partial charge is 0.381 e. The van der Waals surface area contributed by atoms with Crippen molar-refractivity contribution in [3.63, 3.8) is 0 Å². The zero-order valence-electron chi connectivity index (χ0n) is 18.2. The monoisotopic (exact) mass is 442 g/mol. The molecule has 166 valence electrons. The molecule has 1 aliphatic rings. The van der Waals surface area contributed by atoms with Crippen LogP contribution >= 0.6 is 0 Å². The lowest BCUT2D eigenvalue weighted by Crippen LogP contribution is -2.12. The molecule has 0 saturated carbocycles. The highest BCUT2D eigenvalue weighted by molar-refractivity contribution is 6.04. The van der Waals surface area contributed by atoms with E-state index in [9.17, 15) is 9.18 Å². The summed E-state index contributed by atoms with van der Waals surface area (Å²) >= 11 is 0. The van der Waals surface area contributed by atoms with Crippen molar-refractivity contribution in [2.45, 2.75) is 19.3 Å². The number of anilines is 1. The van der Waals surface area contributed by atoms with Crippen molar-refractivity contribution < 1.29 is 13.9 Å². The van der Waals surface area contributed by atoms with Crippen molar-refractivity contribution in [3.8, 4) is 0 Å². The first-order valence-corrected chi connectivity index (χ1v) is 10.9. The molecule has 4 heterocycles. The molecule has 33 heavy (non-hydrogen) atoms. The lowest BCUT2D eigenvalue weighted by atomic mass is 10.0. The van der Waals surface area contributed by atoms with Crippen LogP contribution in [-0.4, -0.2) is 33.5 Å². The number of aromatic nitrogens is 3. The van der Waals surface area contributed by atoms with Crippen molar-refractivity contribution in [2.75, 3.05) is 18.5 Å². The van der Waals surface area contributed by atoms with Crippen LogP contribution in [0.15, 0.2) is 60.8 Å². The summed E-state index contributed by atoms with van der Waals surface area (Å²) < 4.78 is 20.7. The number of hydrogen-bond donors (Lipinski definition) is 1. The first kappa shape index (κ1) is 21.0. The van der Waals surface area contributed by atoms with E-state index in [0.717, 1.165) is 35.6 Å². The molecule has 0 radical (unpaired) electrons. The molecule has 1 amide bonds. The average molecular weight is 442 g/mol. The topological polar surface area (TPSA) is 68.5 Å². The molecule has 1 unspecified atom stereocenters. The molecule has 1 N–H and O–H groups in total. The Morgan fingerprint density at radius 2 is 1.97 bits per heavy atom. The molecule has 0 aliphatic carbocycles. The summed E-state index contributed by atoms with van der Waals surface area (Å²) in [6.45, 7) is 3.53. The molecule has 7 heteroatoms. The Morgan fingerprint density at radius 1 is 1.12 bits per heavy atom. The molecule has 0 bridgehead atoms. The third-order valence-electron chi connectivity index (χ3n) is 5.82. The van der Waals surface area contributed by atoms with Gasteiger partial charge in [-0.25, -0.2) is 9.97 Å². The number of amides is 1. The highest BCUT2D eigenvalue weighted by atomic mass is 19.1. The summed E-state index contributed by atoms with van der Waals surface area (Å²) in [6, 6.07) is 15.6. The Hall–Kier alpha value is -3.84. The Balaban J connectivity index is 1.29. The van der Waals surface area contributed by atoms with Gasteiger partial charge >= 0.3 is 0 Å². The molecular formula is C26H23FN4O2. The Bertz CT molecular complexity index is 1340. The minimum Gasteiger partial charge on any atom is -0.381 e. The quantitative estimate of drug-likeness (QED) is 0.437. The second kappa shape index (κ2) is 8.96. The molecule has 5 rings (SSSR count). The maximum absolute atomic E-state index is 13.2. The van der Waals surface area contributed by atoms with Gasteiger partial charge in [-0.3, -0.25) is 4.79 Å². The van der Waals surface area contributed by atoms with E-state index in [0.29, 0.717) is 29.5 Å². The minimum absolute atomic E-state index is 0.195. The highest BCUT2D eigenvalue weighted by Gasteiger charge is 2.23. The third-order valence-corrected chi connectivity index (χ3v) is 5.82. The van der Waals surface area contributed by atoms with Crippen molar-refractivity contribution in [3.05, 3.63) is 95.0 Å². The number of nitrogens with zero attached hydrogens (tertiary/aromatic N) is 3. The van der Waals surface area contributed by atoms with Crippen molar-refractivity contribution >= 4 is 29.4 Å². The van der Waals surface area contributed by atoms with Gasteiger partial charge < -0.3 is 14.5 Å². The van der Waals surface area contributed by atoms with Crippen LogP contribution in [0.4, 0.5) is 10.1 Å². The van der Waals surface area contributed by atoms with Crippen molar-refractivity contribution in [2.24, 2.45) is 0 Å². The standard InChI is InChI=1S/C26H23FN4O2/c1-17-25(20-13-14-33-16-20)30-24-12-11-22(15-31(17)24)29-26(32)19-8-5-18(6-9-19)7-10-21-3-2-4-23(27)28-21/h2-12,15,20H,13-14,16H2,1H3,(H,29,32)/b10-7+. The van der Waals surface area contributed by atoms with Gasteiger partial charge in [0.15, 0.2) is 0 Å². The predicted octanol–water partition coefficient (Wildman–Crippen LogP) is 5.10. The van der Waals surface area contributed by atoms with E-state index in [4.69, 9.17) is 9.72 Å². The average Bonchev–Trinajstić information content (AvgIpc) is 3.46. The fourth-order valence-corrected chi connectivity index (χ4v) is 4.04. The van der Waals surface area contributed by atoms with E-state index in [1.165, 1.54) is 6.07 Å². The van der Waals surface area contributed by atoms with Crippen LogP contribution in [0.1, 0.15) is 45.3 Å². The zero-order valence-corrected chi connectivity index (χ0v) is 18.2. The summed E-state index contributed by atoms with van der Waals surface area (Å²) in [7, 11) is 0. The Kier molecular flexibility index (Phi) is 5.71. The van der Waals surface area contributed by atoms with E-state index < -0.39 is 5.95 Å². The van der Waals surface area contributed by atoms with Crippen LogP contribution in [0, 0.1) is 12.9 Å². The highest BCUT2D eigenvalue weighted by Crippen LogP contribution is 2.28. The summed E-state index contributed by atoms with van der Waals surface area (Å²) in [6.07, 6.45) is 6.44. The molecule has 4 aromatic rings. The van der Waals surface area contributed by atoms with Crippen LogP contribution in [0.2, 0.25) is 0 Å². The Morgan fingerprint density at radius 3 is 2.73 bits per heavy atom. The van der Waals surface area contributed by atoms with Gasteiger partial charge in [0.2, 0.25) is 5.95 Å². The van der Waals surface area contributed by atoms with Crippen LogP contribution < -0.4 is 5.32 Å². The molecule has 1 atom stereocenters. The van der Waals surface area contributed by atoms with Gasteiger partial charge in [0, 0.05) is 30.0 Å². The van der Waals surface area contributed by atoms with Crippen LogP contribution in [-0.2, 0) is 4.74 Å². The zero-order chi connectivity index (χ0) is 22.8. The van der Waals surface area contributed by atoms with Gasteiger partial charge in [-0.05, 0) is 61.4 Å². The van der Waals surface area contributed by atoms with Gasteiger partial charge in [0.1, 0.15) is 5.65 Å². The number of aryl methyl sites for hydroxylation is 1. The molecule has 6 nitrogen and oxygen atoms in total. The second-order valence-electron chi connectivity index (χ2n) is 8.08. The maximum Gasteiger partial charge on any atom is 0.255 e. The van der Waals surface area contributed by atoms with E-state index >= 15 is 0 Å². The SMILES string of the molecule is Cc1c(C2CCOC2)nc2ccc(NC(=O)c3ccc(/C=C/c4cccc(F)n4)cc3)cn12. The van der Waals surface area contributed by atoms with Gasteiger partial charge in [0.05, 0.1) is 23.7 Å². The molecule has 0 spiro atoms. The van der Waals surface area contributed by atoms with E-state index in [1.807, 2.05) is 47.9 Å². The van der Waals surface area contributed by atoms with E-state index in [1.54, 1.807) is 30.3 Å². The number of ether oxygens (including phenoxy) is 1. The van der Waals surface area contributed by atoms with Crippen molar-refractivity contribution in [1.29, 1.82) is 0 Å². The maximum atomic E-state index is 13.2. The van der Waals surface area contributed by atoms with Crippen molar-refractivity contribution in [1.82, 2.24) is 14.4 Å². The lowest BCUT2D eigenvalue weighted by Gasteiger charge is -2.07. The number of fused-ring (bicyclic) bond motifs is 1. The van der Waals surface area contributed by atoms with Gasteiger partial charge in [-0.15, -0.1) is 0 Å². The number of halogens is 1. The first-order valence-electron chi connectivity index (χ1n) is 10.9. The summed E-state index contributed by atoms with van der Waals surface area (Å²) in [5, 5.41) is 2.96. The van der Waals surface area contributed by atoms with E-state index in [-0.39, 0.29) is 5.91 Å². The van der Waals surface area contributed by atoms with Gasteiger partial charge in [0.25, 0.3) is 5.91 Å². The Labute approximate surface area is 190 Å². The lowest BCUT2D eigenvalue weighted by molar-refractivity contribution is 0.102. The number of carbonyl (C=O) groups excluding carboxylic acids is 1. The smallest absolute Gasteiger partial charge is 0.255 e. The van der Waals surface area contributed by atoms with E-state index in [2.05, 4.69) is 10.3 Å². The summed E-state index contributed by atoms with van der Waals surface area (Å²) in [4.78, 5) is 21.3. The minimum atomic E-state index is -0.517. The fourth-order valence-electron chi connectivity index (χ4n) is 4.04. The van der Waals surface area contributed by atoms with Crippen LogP contribution in [0.3, 0.4) is 0 Å². The number of rotatable bonds is 5. The number of imidazole rings is 1. The number of carbonyl (C=O) groups is 1. The first-order chi connectivity index (χ1) is 16.1. The molecule has 1 fully saturated rings. The van der Waals surface area contributed by atoms with Crippen LogP contribution in [0.5, 0.6) is 0 Å². The number of pyridine rings is 2. The summed E-state index contributed by atoms with van der Waals surface area (Å²) in [5.41, 5.74) is 5.65. The number of nitrogens with one attached hydrogen (secondary N) is 1. The normalized spacial score (nSPS) is 16.0. The van der Waals surface area contributed by atoms with Gasteiger partial charge in [-0.1, -0.05) is 24.3 Å². The number of benzene rings is 1. The molecular weight excluding hydrogens is 419 g/mol. The molecule has 1 aliphatic heterocycles. The predicted molar refractivity (Wildman–Crippen MR) is 126 cm³/mol.